The van der Waals surface area contributed by atoms with Gasteiger partial charge in [0.1, 0.15) is 11.9 Å². The van der Waals surface area contributed by atoms with Gasteiger partial charge >= 0.3 is 6.18 Å². The maximum absolute atomic E-state index is 12.6. The predicted octanol–water partition coefficient (Wildman–Crippen LogP) is 1.50. The van der Waals surface area contributed by atoms with Crippen molar-refractivity contribution in [1.29, 1.82) is 0 Å². The molecule has 1 atom stereocenters. The van der Waals surface area contributed by atoms with Gasteiger partial charge in [-0.3, -0.25) is 4.79 Å². The summed E-state index contributed by atoms with van der Waals surface area (Å²) in [7, 11) is 0. The van der Waals surface area contributed by atoms with Gasteiger partial charge in [0, 0.05) is 19.2 Å². The van der Waals surface area contributed by atoms with Crippen LogP contribution in [0.2, 0.25) is 0 Å². The molecular weight excluding hydrogens is 287 g/mol. The van der Waals surface area contributed by atoms with E-state index in [2.05, 4.69) is 15.3 Å². The van der Waals surface area contributed by atoms with E-state index >= 15 is 0 Å². The summed E-state index contributed by atoms with van der Waals surface area (Å²) < 4.78 is 37.9. The normalized spacial score (nSPS) is 16.9. The Kier molecular flexibility index (Phi) is 4.19. The molecule has 2 rings (SSSR count). The average Bonchev–Trinajstić information content (AvgIpc) is 2.89. The Morgan fingerprint density at radius 2 is 2.00 bits per heavy atom. The van der Waals surface area contributed by atoms with Crippen LogP contribution in [0.15, 0.2) is 6.07 Å². The summed E-state index contributed by atoms with van der Waals surface area (Å²) >= 11 is 0. The largest absolute Gasteiger partial charge is 0.433 e. The molecule has 0 aromatic carbocycles. The van der Waals surface area contributed by atoms with Crippen molar-refractivity contribution in [2.45, 2.75) is 32.0 Å². The van der Waals surface area contributed by atoms with Crippen LogP contribution in [-0.2, 0) is 11.0 Å². The fourth-order valence-corrected chi connectivity index (χ4v) is 2.18. The lowest BCUT2D eigenvalue weighted by Crippen LogP contribution is -2.39. The van der Waals surface area contributed by atoms with Crippen molar-refractivity contribution in [2.24, 2.45) is 0 Å². The van der Waals surface area contributed by atoms with Gasteiger partial charge < -0.3 is 16.0 Å². The van der Waals surface area contributed by atoms with Crippen LogP contribution >= 0.6 is 0 Å². The molecule has 6 nitrogen and oxygen atoms in total. The molecule has 0 aliphatic carbocycles. The number of nitrogen functional groups attached to an aromatic ring is 1. The third-order valence-corrected chi connectivity index (χ3v) is 3.19. The Morgan fingerprint density at radius 1 is 1.38 bits per heavy atom. The van der Waals surface area contributed by atoms with Gasteiger partial charge in [-0.2, -0.15) is 18.2 Å². The predicted molar refractivity (Wildman–Crippen MR) is 70.3 cm³/mol. The van der Waals surface area contributed by atoms with E-state index in [1.165, 1.54) is 0 Å². The van der Waals surface area contributed by atoms with Gasteiger partial charge in [0.15, 0.2) is 5.69 Å². The summed E-state index contributed by atoms with van der Waals surface area (Å²) in [5, 5.41) is 2.65. The quantitative estimate of drug-likeness (QED) is 0.884. The molecule has 1 amide bonds. The van der Waals surface area contributed by atoms with E-state index in [4.69, 9.17) is 5.73 Å². The standard InChI is InChI=1S/C12H16F3N5O/c1-7(10(21)20-4-2-3-5-20)17-9-6-8(12(13,14)15)18-11(16)19-9/h6-7H,2-5H2,1H3,(H3,16,17,18,19). The summed E-state index contributed by atoms with van der Waals surface area (Å²) in [4.78, 5) is 20.6. The summed E-state index contributed by atoms with van der Waals surface area (Å²) in [5.41, 5.74) is 4.13. The molecule has 1 fully saturated rings. The third kappa shape index (κ3) is 3.73. The smallest absolute Gasteiger partial charge is 0.368 e. The van der Waals surface area contributed by atoms with Crippen molar-refractivity contribution in [3.8, 4) is 0 Å². The van der Waals surface area contributed by atoms with Gasteiger partial charge in [-0.1, -0.05) is 0 Å². The fourth-order valence-electron chi connectivity index (χ4n) is 2.18. The molecule has 9 heteroatoms. The molecule has 1 aliphatic heterocycles. The van der Waals surface area contributed by atoms with Crippen molar-refractivity contribution in [2.75, 3.05) is 24.1 Å². The molecule has 0 spiro atoms. The average molecular weight is 303 g/mol. The molecule has 1 saturated heterocycles. The SMILES string of the molecule is CC(Nc1cc(C(F)(F)F)nc(N)n1)C(=O)N1CCCC1. The van der Waals surface area contributed by atoms with E-state index in [0.717, 1.165) is 18.9 Å². The minimum atomic E-state index is -4.62. The van der Waals surface area contributed by atoms with Crippen LogP contribution in [0.3, 0.4) is 0 Å². The van der Waals surface area contributed by atoms with Gasteiger partial charge in [0.05, 0.1) is 0 Å². The fraction of sp³-hybridized carbons (Fsp3) is 0.583. The van der Waals surface area contributed by atoms with Crippen molar-refractivity contribution in [1.82, 2.24) is 14.9 Å². The molecule has 0 radical (unpaired) electrons. The number of anilines is 2. The second-order valence-corrected chi connectivity index (χ2v) is 4.89. The Morgan fingerprint density at radius 3 is 2.57 bits per heavy atom. The van der Waals surface area contributed by atoms with Crippen molar-refractivity contribution < 1.29 is 18.0 Å². The number of halogens is 3. The van der Waals surface area contributed by atoms with Crippen LogP contribution in [-0.4, -0.2) is 39.9 Å². The molecule has 0 bridgehead atoms. The molecule has 0 saturated carbocycles. The van der Waals surface area contributed by atoms with Crippen molar-refractivity contribution >= 4 is 17.7 Å². The Hall–Kier alpha value is -2.06. The highest BCUT2D eigenvalue weighted by Crippen LogP contribution is 2.29. The van der Waals surface area contributed by atoms with Crippen LogP contribution < -0.4 is 11.1 Å². The Labute approximate surface area is 119 Å². The second-order valence-electron chi connectivity index (χ2n) is 4.89. The first-order valence-electron chi connectivity index (χ1n) is 6.54. The summed E-state index contributed by atoms with van der Waals surface area (Å²) in [6.45, 7) is 2.92. The zero-order valence-corrected chi connectivity index (χ0v) is 11.4. The van der Waals surface area contributed by atoms with Crippen LogP contribution in [0.25, 0.3) is 0 Å². The van der Waals surface area contributed by atoms with Crippen LogP contribution in [0.1, 0.15) is 25.5 Å². The van der Waals surface area contributed by atoms with E-state index in [0.29, 0.717) is 13.1 Å². The lowest BCUT2D eigenvalue weighted by atomic mass is 10.3. The van der Waals surface area contributed by atoms with Crippen molar-refractivity contribution in [3.63, 3.8) is 0 Å². The third-order valence-electron chi connectivity index (χ3n) is 3.19. The molecule has 1 unspecified atom stereocenters. The number of carbonyl (C=O) groups excluding carboxylic acids is 1. The lowest BCUT2D eigenvalue weighted by molar-refractivity contribution is -0.141. The van der Waals surface area contributed by atoms with Crippen molar-refractivity contribution in [3.05, 3.63) is 11.8 Å². The number of nitrogens with zero attached hydrogens (tertiary/aromatic N) is 3. The number of aromatic nitrogens is 2. The number of hydrogen-bond donors (Lipinski definition) is 2. The zero-order chi connectivity index (χ0) is 15.6. The highest BCUT2D eigenvalue weighted by atomic mass is 19.4. The highest BCUT2D eigenvalue weighted by molar-refractivity contribution is 5.84. The van der Waals surface area contributed by atoms with Gasteiger partial charge in [-0.25, -0.2) is 4.98 Å². The van der Waals surface area contributed by atoms with Crippen LogP contribution in [0, 0.1) is 0 Å². The number of alkyl halides is 3. The van der Waals surface area contributed by atoms with Gasteiger partial charge in [-0.15, -0.1) is 0 Å². The summed E-state index contributed by atoms with van der Waals surface area (Å²) in [6, 6.07) is 0.0582. The minimum Gasteiger partial charge on any atom is -0.368 e. The first-order chi connectivity index (χ1) is 9.77. The lowest BCUT2D eigenvalue weighted by Gasteiger charge is -2.21. The number of carbonyl (C=O) groups is 1. The topological polar surface area (TPSA) is 84.1 Å². The van der Waals surface area contributed by atoms with Gasteiger partial charge in [-0.05, 0) is 19.8 Å². The number of nitrogens with two attached hydrogens (primary N) is 1. The molecule has 1 aromatic heterocycles. The molecule has 1 aromatic rings. The van der Waals surface area contributed by atoms with Crippen LogP contribution in [0.5, 0.6) is 0 Å². The molecule has 2 heterocycles. The first kappa shape index (κ1) is 15.3. The number of nitrogens with one attached hydrogen (secondary N) is 1. The molecule has 1 aliphatic rings. The summed E-state index contributed by atoms with van der Waals surface area (Å²) in [6.07, 6.45) is -2.73. The van der Waals surface area contributed by atoms with E-state index in [1.807, 2.05) is 0 Å². The summed E-state index contributed by atoms with van der Waals surface area (Å²) in [5.74, 6) is -0.777. The first-order valence-corrected chi connectivity index (χ1v) is 6.54. The minimum absolute atomic E-state index is 0.116. The monoisotopic (exact) mass is 303 g/mol. The number of amides is 1. The number of rotatable bonds is 3. The van der Waals surface area contributed by atoms with Gasteiger partial charge in [0.25, 0.3) is 0 Å². The second kappa shape index (κ2) is 5.74. The molecule has 3 N–H and O–H groups in total. The van der Waals surface area contributed by atoms with E-state index in [-0.39, 0.29) is 11.7 Å². The maximum Gasteiger partial charge on any atom is 0.433 e. The maximum atomic E-state index is 12.6. The molecule has 116 valence electrons. The molecule has 21 heavy (non-hydrogen) atoms. The number of likely N-dealkylation sites (tertiary alicyclic amines) is 1. The number of hydrogen-bond acceptors (Lipinski definition) is 5. The van der Waals surface area contributed by atoms with E-state index in [1.54, 1.807) is 11.8 Å². The highest BCUT2D eigenvalue weighted by Gasteiger charge is 2.34. The zero-order valence-electron chi connectivity index (χ0n) is 11.4. The van der Waals surface area contributed by atoms with E-state index in [9.17, 15) is 18.0 Å². The van der Waals surface area contributed by atoms with Crippen LogP contribution in [0.4, 0.5) is 24.9 Å². The molecular formula is C12H16F3N5O. The van der Waals surface area contributed by atoms with E-state index < -0.39 is 23.9 Å². The van der Waals surface area contributed by atoms with Gasteiger partial charge in [0.2, 0.25) is 11.9 Å². The Balaban J connectivity index is 2.11. The Bertz CT molecular complexity index is 528.